The van der Waals surface area contributed by atoms with Crippen LogP contribution in [0.3, 0.4) is 0 Å². The van der Waals surface area contributed by atoms with Crippen LogP contribution >= 0.6 is 0 Å². The van der Waals surface area contributed by atoms with E-state index >= 15 is 0 Å². The zero-order valence-electron chi connectivity index (χ0n) is 8.34. The van der Waals surface area contributed by atoms with Gasteiger partial charge in [-0.2, -0.15) is 0 Å². The summed E-state index contributed by atoms with van der Waals surface area (Å²) in [6, 6.07) is 3.91. The van der Waals surface area contributed by atoms with Gasteiger partial charge in [-0.05, 0) is 55.4 Å². The van der Waals surface area contributed by atoms with Crippen molar-refractivity contribution in [1.82, 2.24) is 0 Å². The molecule has 0 saturated carbocycles. The summed E-state index contributed by atoms with van der Waals surface area (Å²) in [4.78, 5) is 11.0. The van der Waals surface area contributed by atoms with Gasteiger partial charge in [0.15, 0.2) is 0 Å². The lowest BCUT2D eigenvalue weighted by molar-refractivity contribution is 0.0695. The lowest BCUT2D eigenvalue weighted by atomic mass is 9.87. The lowest BCUT2D eigenvalue weighted by Gasteiger charge is -2.18. The van der Waals surface area contributed by atoms with Crippen LogP contribution in [0.2, 0.25) is 0 Å². The smallest absolute Gasteiger partial charge is 0.335 e. The molecular weight excluding hydrogens is 176 g/mol. The first-order valence-corrected chi connectivity index (χ1v) is 5.04. The van der Waals surface area contributed by atoms with Crippen molar-refractivity contribution in [1.29, 1.82) is 0 Å². The molecule has 1 aliphatic rings. The van der Waals surface area contributed by atoms with Crippen LogP contribution in [0.25, 0.3) is 0 Å². The molecule has 1 aromatic carbocycles. The van der Waals surface area contributed by atoms with E-state index in [4.69, 9.17) is 5.11 Å². The Morgan fingerprint density at radius 3 is 2.71 bits per heavy atom. The van der Waals surface area contributed by atoms with E-state index in [-0.39, 0.29) is 0 Å². The summed E-state index contributed by atoms with van der Waals surface area (Å²) in [5.74, 6) is -0.785. The van der Waals surface area contributed by atoms with E-state index in [1.54, 1.807) is 6.07 Å². The van der Waals surface area contributed by atoms with Gasteiger partial charge in [-0.1, -0.05) is 6.07 Å². The number of rotatable bonds is 1. The van der Waals surface area contributed by atoms with Crippen molar-refractivity contribution in [3.8, 4) is 0 Å². The molecule has 0 aromatic heterocycles. The molecule has 1 aromatic rings. The third-order valence-electron chi connectivity index (χ3n) is 2.84. The number of benzene rings is 1. The first-order valence-electron chi connectivity index (χ1n) is 5.04. The first-order chi connectivity index (χ1) is 6.68. The molecule has 0 aliphatic heterocycles. The molecule has 0 atom stereocenters. The number of aryl methyl sites for hydroxylation is 2. The SMILES string of the molecule is Cc1cc2c(c(C(=O)O)c1)CCCC2. The maximum absolute atomic E-state index is 11.0. The normalized spacial score (nSPS) is 14.9. The largest absolute Gasteiger partial charge is 0.478 e. The molecule has 0 spiro atoms. The first kappa shape index (κ1) is 9.25. The van der Waals surface area contributed by atoms with Crippen LogP contribution in [-0.4, -0.2) is 11.1 Å². The molecule has 0 saturated heterocycles. The fraction of sp³-hybridized carbons (Fsp3) is 0.417. The van der Waals surface area contributed by atoms with Crippen molar-refractivity contribution in [3.63, 3.8) is 0 Å². The Hall–Kier alpha value is -1.31. The van der Waals surface area contributed by atoms with Crippen LogP contribution in [0.15, 0.2) is 12.1 Å². The van der Waals surface area contributed by atoms with Crippen molar-refractivity contribution >= 4 is 5.97 Å². The van der Waals surface area contributed by atoms with Crippen LogP contribution in [0.4, 0.5) is 0 Å². The minimum atomic E-state index is -0.785. The summed E-state index contributed by atoms with van der Waals surface area (Å²) in [6.07, 6.45) is 4.28. The van der Waals surface area contributed by atoms with Gasteiger partial charge in [0.2, 0.25) is 0 Å². The summed E-state index contributed by atoms with van der Waals surface area (Å²) in [5.41, 5.74) is 3.88. The quantitative estimate of drug-likeness (QED) is 0.739. The molecule has 2 nitrogen and oxygen atoms in total. The van der Waals surface area contributed by atoms with E-state index in [1.165, 1.54) is 12.0 Å². The van der Waals surface area contributed by atoms with Crippen LogP contribution < -0.4 is 0 Å². The molecule has 2 rings (SSSR count). The highest BCUT2D eigenvalue weighted by molar-refractivity contribution is 5.90. The van der Waals surface area contributed by atoms with Crippen molar-refractivity contribution in [3.05, 3.63) is 34.4 Å². The minimum Gasteiger partial charge on any atom is -0.478 e. The Morgan fingerprint density at radius 1 is 1.29 bits per heavy atom. The standard InChI is InChI=1S/C12H14O2/c1-8-6-9-4-2-3-5-10(9)11(7-8)12(13)14/h6-7H,2-5H2,1H3,(H,13,14). The molecule has 0 fully saturated rings. The van der Waals surface area contributed by atoms with Gasteiger partial charge < -0.3 is 5.11 Å². The van der Waals surface area contributed by atoms with Gasteiger partial charge in [-0.3, -0.25) is 0 Å². The summed E-state index contributed by atoms with van der Waals surface area (Å²) >= 11 is 0. The molecule has 0 heterocycles. The van der Waals surface area contributed by atoms with Crippen molar-refractivity contribution in [2.75, 3.05) is 0 Å². The molecule has 74 valence electrons. The molecule has 2 heteroatoms. The fourth-order valence-electron chi connectivity index (χ4n) is 2.22. The van der Waals surface area contributed by atoms with Gasteiger partial charge >= 0.3 is 5.97 Å². The molecule has 0 unspecified atom stereocenters. The predicted octanol–water partition coefficient (Wildman–Crippen LogP) is 2.57. The topological polar surface area (TPSA) is 37.3 Å². The monoisotopic (exact) mass is 190 g/mol. The molecule has 0 radical (unpaired) electrons. The van der Waals surface area contributed by atoms with Gasteiger partial charge in [0, 0.05) is 0 Å². The van der Waals surface area contributed by atoms with E-state index in [2.05, 4.69) is 6.07 Å². The molecule has 1 aliphatic carbocycles. The Labute approximate surface area is 83.6 Å². The maximum Gasteiger partial charge on any atom is 0.335 e. The number of hydrogen-bond acceptors (Lipinski definition) is 1. The van der Waals surface area contributed by atoms with Crippen LogP contribution in [-0.2, 0) is 12.8 Å². The zero-order chi connectivity index (χ0) is 10.1. The van der Waals surface area contributed by atoms with Crippen molar-refractivity contribution < 1.29 is 9.90 Å². The fourth-order valence-corrected chi connectivity index (χ4v) is 2.22. The number of hydrogen-bond donors (Lipinski definition) is 1. The van der Waals surface area contributed by atoms with Crippen molar-refractivity contribution in [2.24, 2.45) is 0 Å². The van der Waals surface area contributed by atoms with Crippen LogP contribution in [0, 0.1) is 6.92 Å². The average Bonchev–Trinajstić information content (AvgIpc) is 2.16. The van der Waals surface area contributed by atoms with Gasteiger partial charge in [-0.15, -0.1) is 0 Å². The van der Waals surface area contributed by atoms with Gasteiger partial charge in [0.25, 0.3) is 0 Å². The van der Waals surface area contributed by atoms with E-state index < -0.39 is 5.97 Å². The van der Waals surface area contributed by atoms with E-state index in [1.807, 2.05) is 6.92 Å². The van der Waals surface area contributed by atoms with Crippen LogP contribution in [0.5, 0.6) is 0 Å². The Balaban J connectivity index is 2.58. The molecule has 1 N–H and O–H groups in total. The molecule has 14 heavy (non-hydrogen) atoms. The van der Waals surface area contributed by atoms with E-state index in [0.717, 1.165) is 30.4 Å². The second kappa shape index (κ2) is 3.45. The third kappa shape index (κ3) is 1.52. The zero-order valence-corrected chi connectivity index (χ0v) is 8.34. The van der Waals surface area contributed by atoms with Crippen molar-refractivity contribution in [2.45, 2.75) is 32.6 Å². The van der Waals surface area contributed by atoms with Gasteiger partial charge in [0.1, 0.15) is 0 Å². The summed E-state index contributed by atoms with van der Waals surface area (Å²) in [7, 11) is 0. The summed E-state index contributed by atoms with van der Waals surface area (Å²) in [5, 5.41) is 9.07. The predicted molar refractivity (Wildman–Crippen MR) is 54.8 cm³/mol. The molecular formula is C12H14O2. The number of aromatic carboxylic acids is 1. The second-order valence-corrected chi connectivity index (χ2v) is 3.96. The second-order valence-electron chi connectivity index (χ2n) is 3.96. The Bertz CT molecular complexity index is 380. The highest BCUT2D eigenvalue weighted by Crippen LogP contribution is 2.25. The number of carbonyl (C=O) groups is 1. The van der Waals surface area contributed by atoms with E-state index in [9.17, 15) is 4.79 Å². The number of carboxylic acid groups (broad SMARTS) is 1. The maximum atomic E-state index is 11.0. The van der Waals surface area contributed by atoms with E-state index in [0.29, 0.717) is 5.56 Å². The minimum absolute atomic E-state index is 0.514. The number of fused-ring (bicyclic) bond motifs is 1. The Kier molecular flexibility index (Phi) is 2.28. The molecule has 0 amide bonds. The third-order valence-corrected chi connectivity index (χ3v) is 2.84. The lowest BCUT2D eigenvalue weighted by Crippen LogP contribution is -2.10. The van der Waals surface area contributed by atoms with Crippen LogP contribution in [0.1, 0.15) is 39.9 Å². The highest BCUT2D eigenvalue weighted by atomic mass is 16.4. The highest BCUT2D eigenvalue weighted by Gasteiger charge is 2.17. The molecule has 0 bridgehead atoms. The van der Waals surface area contributed by atoms with Gasteiger partial charge in [0.05, 0.1) is 5.56 Å². The summed E-state index contributed by atoms with van der Waals surface area (Å²) < 4.78 is 0. The summed E-state index contributed by atoms with van der Waals surface area (Å²) in [6.45, 7) is 1.96. The Morgan fingerprint density at radius 2 is 2.00 bits per heavy atom. The van der Waals surface area contributed by atoms with Gasteiger partial charge in [-0.25, -0.2) is 4.79 Å². The average molecular weight is 190 g/mol. The number of carboxylic acids is 1.